The lowest BCUT2D eigenvalue weighted by Gasteiger charge is -2.25. The highest BCUT2D eigenvalue weighted by atomic mass is 35.5. The Labute approximate surface area is 107 Å². The minimum atomic E-state index is 0.165. The Kier molecular flexibility index (Phi) is 4.80. The average Bonchev–Trinajstić information content (AvgIpc) is 2.38. The lowest BCUT2D eigenvalue weighted by atomic mass is 10.1. The van der Waals surface area contributed by atoms with Crippen LogP contribution in [0.1, 0.15) is 18.5 Å². The van der Waals surface area contributed by atoms with E-state index in [-0.39, 0.29) is 12.1 Å². The average molecular weight is 256 g/mol. The number of hydrogen-bond donors (Lipinski definition) is 1. The molecule has 1 heterocycles. The monoisotopic (exact) mass is 255 g/mol. The molecule has 2 atom stereocenters. The van der Waals surface area contributed by atoms with Crippen LogP contribution in [0.3, 0.4) is 0 Å². The number of nitrogens with one attached hydrogen (secondary N) is 1. The molecule has 1 aromatic rings. The van der Waals surface area contributed by atoms with Gasteiger partial charge in [-0.25, -0.2) is 0 Å². The van der Waals surface area contributed by atoms with Gasteiger partial charge in [-0.15, -0.1) is 0 Å². The van der Waals surface area contributed by atoms with Crippen LogP contribution in [-0.4, -0.2) is 32.5 Å². The zero-order chi connectivity index (χ0) is 12.1. The van der Waals surface area contributed by atoms with Gasteiger partial charge in [0, 0.05) is 17.6 Å². The fraction of sp³-hybridized carbons (Fsp3) is 0.538. The van der Waals surface area contributed by atoms with Crippen molar-refractivity contribution < 1.29 is 9.47 Å². The Morgan fingerprint density at radius 1 is 1.35 bits per heavy atom. The minimum absolute atomic E-state index is 0.165. The lowest BCUT2D eigenvalue weighted by molar-refractivity contribution is -0.0869. The van der Waals surface area contributed by atoms with Gasteiger partial charge in [-0.05, 0) is 24.6 Å². The normalized spacial score (nSPS) is 22.4. The third kappa shape index (κ3) is 3.96. The second kappa shape index (κ2) is 6.36. The van der Waals surface area contributed by atoms with Crippen LogP contribution in [0.25, 0.3) is 0 Å². The summed E-state index contributed by atoms with van der Waals surface area (Å²) < 4.78 is 10.9. The summed E-state index contributed by atoms with van der Waals surface area (Å²) in [6, 6.07) is 8.19. The Hall–Kier alpha value is -0.610. The Bertz CT molecular complexity index is 336. The van der Waals surface area contributed by atoms with Crippen LogP contribution in [0.2, 0.25) is 5.02 Å². The summed E-state index contributed by atoms with van der Waals surface area (Å²) in [4.78, 5) is 0. The van der Waals surface area contributed by atoms with E-state index in [1.165, 1.54) is 5.56 Å². The van der Waals surface area contributed by atoms with Gasteiger partial charge in [-0.2, -0.15) is 0 Å². The molecule has 17 heavy (non-hydrogen) atoms. The first-order valence-corrected chi connectivity index (χ1v) is 6.31. The maximum atomic E-state index is 5.86. The van der Waals surface area contributed by atoms with E-state index in [0.29, 0.717) is 19.8 Å². The van der Waals surface area contributed by atoms with Crippen molar-refractivity contribution in [2.75, 3.05) is 26.4 Å². The third-order valence-corrected chi connectivity index (χ3v) is 3.16. The van der Waals surface area contributed by atoms with Gasteiger partial charge < -0.3 is 14.8 Å². The predicted octanol–water partition coefficient (Wildman–Crippen LogP) is 2.41. The summed E-state index contributed by atoms with van der Waals surface area (Å²) in [7, 11) is 0. The number of rotatable bonds is 4. The summed E-state index contributed by atoms with van der Waals surface area (Å²) in [6.45, 7) is 5.03. The Morgan fingerprint density at radius 3 is 2.76 bits per heavy atom. The van der Waals surface area contributed by atoms with Crippen LogP contribution in [0, 0.1) is 0 Å². The van der Waals surface area contributed by atoms with E-state index in [9.17, 15) is 0 Å². The molecule has 1 saturated heterocycles. The summed E-state index contributed by atoms with van der Waals surface area (Å²) in [5, 5.41) is 4.21. The molecule has 0 aromatic heterocycles. The van der Waals surface area contributed by atoms with E-state index in [1.807, 2.05) is 24.3 Å². The maximum Gasteiger partial charge on any atom is 0.0933 e. The summed E-state index contributed by atoms with van der Waals surface area (Å²) in [5.41, 5.74) is 1.23. The number of ether oxygens (including phenoxy) is 2. The predicted molar refractivity (Wildman–Crippen MR) is 68.4 cm³/mol. The maximum absolute atomic E-state index is 5.86. The van der Waals surface area contributed by atoms with Gasteiger partial charge in [0.2, 0.25) is 0 Å². The molecular formula is C13H18ClNO2. The van der Waals surface area contributed by atoms with Crippen LogP contribution in [-0.2, 0) is 9.47 Å². The molecule has 1 aliphatic heterocycles. The van der Waals surface area contributed by atoms with Gasteiger partial charge in [0.25, 0.3) is 0 Å². The molecule has 1 aliphatic rings. The number of benzene rings is 1. The van der Waals surface area contributed by atoms with Crippen LogP contribution in [0.5, 0.6) is 0 Å². The third-order valence-electron chi connectivity index (χ3n) is 2.91. The first kappa shape index (κ1) is 12.8. The van der Waals surface area contributed by atoms with Gasteiger partial charge in [-0.1, -0.05) is 23.7 Å². The van der Waals surface area contributed by atoms with Crippen molar-refractivity contribution in [3.8, 4) is 0 Å². The molecule has 0 aliphatic carbocycles. The Morgan fingerprint density at radius 2 is 2.12 bits per heavy atom. The molecule has 0 bridgehead atoms. The molecule has 2 unspecified atom stereocenters. The first-order valence-electron chi connectivity index (χ1n) is 5.94. The number of hydrogen-bond acceptors (Lipinski definition) is 3. The van der Waals surface area contributed by atoms with Gasteiger partial charge in [0.1, 0.15) is 0 Å². The van der Waals surface area contributed by atoms with Crippen molar-refractivity contribution in [3.63, 3.8) is 0 Å². The molecule has 0 spiro atoms. The summed E-state index contributed by atoms with van der Waals surface area (Å²) >= 11 is 5.86. The van der Waals surface area contributed by atoms with Crippen molar-refractivity contribution >= 4 is 11.6 Å². The van der Waals surface area contributed by atoms with Crippen molar-refractivity contribution in [1.82, 2.24) is 5.32 Å². The zero-order valence-corrected chi connectivity index (χ0v) is 10.7. The standard InChI is InChI=1S/C13H18ClNO2/c1-10(11-2-4-12(14)5-3-11)15-8-13-9-16-6-7-17-13/h2-5,10,13,15H,6-9H2,1H3. The SMILES string of the molecule is CC(NCC1COCCO1)c1ccc(Cl)cc1. The zero-order valence-electron chi connectivity index (χ0n) is 9.99. The quantitative estimate of drug-likeness (QED) is 0.896. The topological polar surface area (TPSA) is 30.5 Å². The van der Waals surface area contributed by atoms with Crippen molar-refractivity contribution in [2.45, 2.75) is 19.1 Å². The molecule has 1 aromatic carbocycles. The Balaban J connectivity index is 1.80. The fourth-order valence-electron chi connectivity index (χ4n) is 1.83. The van der Waals surface area contributed by atoms with E-state index >= 15 is 0 Å². The number of halogens is 1. The molecule has 1 fully saturated rings. The second-order valence-electron chi connectivity index (χ2n) is 4.25. The smallest absolute Gasteiger partial charge is 0.0933 e. The van der Waals surface area contributed by atoms with Crippen LogP contribution < -0.4 is 5.32 Å². The van der Waals surface area contributed by atoms with Gasteiger partial charge in [0.05, 0.1) is 25.9 Å². The van der Waals surface area contributed by atoms with E-state index < -0.39 is 0 Å². The molecule has 2 rings (SSSR count). The van der Waals surface area contributed by atoms with Crippen LogP contribution in [0.4, 0.5) is 0 Å². The van der Waals surface area contributed by atoms with E-state index in [2.05, 4.69) is 12.2 Å². The van der Waals surface area contributed by atoms with E-state index in [1.54, 1.807) is 0 Å². The molecule has 3 nitrogen and oxygen atoms in total. The van der Waals surface area contributed by atoms with Crippen molar-refractivity contribution in [3.05, 3.63) is 34.9 Å². The summed E-state index contributed by atoms with van der Waals surface area (Å²) in [6.07, 6.45) is 0.165. The van der Waals surface area contributed by atoms with Gasteiger partial charge in [-0.3, -0.25) is 0 Å². The molecule has 94 valence electrons. The van der Waals surface area contributed by atoms with Gasteiger partial charge in [0.15, 0.2) is 0 Å². The summed E-state index contributed by atoms with van der Waals surface area (Å²) in [5.74, 6) is 0. The largest absolute Gasteiger partial charge is 0.376 e. The minimum Gasteiger partial charge on any atom is -0.376 e. The first-order chi connectivity index (χ1) is 8.25. The molecular weight excluding hydrogens is 238 g/mol. The van der Waals surface area contributed by atoms with Crippen molar-refractivity contribution in [2.24, 2.45) is 0 Å². The van der Waals surface area contributed by atoms with E-state index in [0.717, 1.165) is 11.6 Å². The molecule has 0 radical (unpaired) electrons. The van der Waals surface area contributed by atoms with Crippen LogP contribution in [0.15, 0.2) is 24.3 Å². The lowest BCUT2D eigenvalue weighted by Crippen LogP contribution is -2.38. The molecule has 4 heteroatoms. The molecule has 0 saturated carbocycles. The molecule has 0 amide bonds. The molecule has 1 N–H and O–H groups in total. The highest BCUT2D eigenvalue weighted by Crippen LogP contribution is 2.16. The van der Waals surface area contributed by atoms with E-state index in [4.69, 9.17) is 21.1 Å². The van der Waals surface area contributed by atoms with Crippen LogP contribution >= 0.6 is 11.6 Å². The van der Waals surface area contributed by atoms with Gasteiger partial charge >= 0.3 is 0 Å². The fourth-order valence-corrected chi connectivity index (χ4v) is 1.96. The highest BCUT2D eigenvalue weighted by molar-refractivity contribution is 6.30. The van der Waals surface area contributed by atoms with Crippen molar-refractivity contribution in [1.29, 1.82) is 0 Å². The highest BCUT2D eigenvalue weighted by Gasteiger charge is 2.15. The second-order valence-corrected chi connectivity index (χ2v) is 4.69.